The van der Waals surface area contributed by atoms with Crippen molar-refractivity contribution in [2.24, 2.45) is 0 Å². The summed E-state index contributed by atoms with van der Waals surface area (Å²) in [5.41, 5.74) is -0.428. The summed E-state index contributed by atoms with van der Waals surface area (Å²) in [4.78, 5) is 34.3. The van der Waals surface area contributed by atoms with Crippen molar-refractivity contribution in [3.63, 3.8) is 0 Å². The quantitative estimate of drug-likeness (QED) is 0.669. The Hall–Kier alpha value is -2.34. The fourth-order valence-corrected chi connectivity index (χ4v) is 4.25. The van der Waals surface area contributed by atoms with Crippen LogP contribution in [0, 0.1) is 0 Å². The van der Waals surface area contributed by atoms with Gasteiger partial charge in [0.2, 0.25) is 11.9 Å². The molecule has 1 amide bonds. The molecule has 3 aliphatic heterocycles. The molecule has 2 atom stereocenters. The van der Waals surface area contributed by atoms with Crippen molar-refractivity contribution in [2.75, 3.05) is 62.4 Å². The lowest BCUT2D eigenvalue weighted by molar-refractivity contribution is -0.154. The Balaban J connectivity index is 1.70. The monoisotopic (exact) mass is 445 g/mol. The third-order valence-electron chi connectivity index (χ3n) is 5.94. The summed E-state index contributed by atoms with van der Waals surface area (Å²) >= 11 is 0. The Kier molecular flexibility index (Phi) is 6.11. The molecule has 0 saturated carbocycles. The largest absolute Gasteiger partial charge is 0.408 e. The second-order valence-corrected chi connectivity index (χ2v) is 7.99. The van der Waals surface area contributed by atoms with Crippen LogP contribution in [0.3, 0.4) is 0 Å². The van der Waals surface area contributed by atoms with Gasteiger partial charge in [0.25, 0.3) is 5.56 Å². The average molecular weight is 445 g/mol. The molecular weight excluding hydrogens is 419 g/mol. The van der Waals surface area contributed by atoms with Gasteiger partial charge < -0.3 is 24.2 Å². The van der Waals surface area contributed by atoms with Crippen LogP contribution >= 0.6 is 0 Å². The maximum absolute atomic E-state index is 13.9. The first-order valence-electron chi connectivity index (χ1n) is 10.4. The first-order chi connectivity index (χ1) is 14.8. The highest BCUT2D eigenvalue weighted by Crippen LogP contribution is 2.34. The number of halogens is 3. The van der Waals surface area contributed by atoms with Crippen molar-refractivity contribution >= 4 is 17.7 Å². The number of fused-ring (bicyclic) bond motifs is 1. The molecule has 0 radical (unpaired) electrons. The van der Waals surface area contributed by atoms with E-state index >= 15 is 0 Å². The number of carbonyl (C=O) groups is 1. The Morgan fingerprint density at radius 1 is 1.16 bits per heavy atom. The van der Waals surface area contributed by atoms with Gasteiger partial charge in [0.05, 0.1) is 32.5 Å². The second kappa shape index (κ2) is 8.65. The topological polar surface area (TPSA) is 80.1 Å². The highest BCUT2D eigenvalue weighted by molar-refractivity contribution is 5.81. The number of amides is 1. The molecular formula is C19H26F3N5O4. The number of ether oxygens (including phenoxy) is 2. The maximum atomic E-state index is 13.9. The normalized spacial score (nSPS) is 24.8. The van der Waals surface area contributed by atoms with Gasteiger partial charge in [0.1, 0.15) is 18.4 Å². The molecule has 2 fully saturated rings. The molecule has 0 bridgehead atoms. The summed E-state index contributed by atoms with van der Waals surface area (Å²) in [6.45, 7) is 4.00. The Bertz CT molecular complexity index is 871. The number of hydrogen-bond donors (Lipinski definition) is 0. The van der Waals surface area contributed by atoms with Crippen LogP contribution in [0.4, 0.5) is 24.9 Å². The fraction of sp³-hybridized carbons (Fsp3) is 0.737. The molecule has 4 heterocycles. The summed E-state index contributed by atoms with van der Waals surface area (Å²) in [6, 6.07) is -0.614. The summed E-state index contributed by atoms with van der Waals surface area (Å²) in [5.74, 6) is -0.250. The van der Waals surface area contributed by atoms with Crippen molar-refractivity contribution in [3.05, 3.63) is 16.4 Å². The van der Waals surface area contributed by atoms with Crippen molar-refractivity contribution in [1.29, 1.82) is 0 Å². The van der Waals surface area contributed by atoms with Crippen molar-refractivity contribution in [1.82, 2.24) is 14.5 Å². The lowest BCUT2D eigenvalue weighted by atomic mass is 10.1. The summed E-state index contributed by atoms with van der Waals surface area (Å²) in [7, 11) is 0. The Morgan fingerprint density at radius 3 is 2.55 bits per heavy atom. The standard InChI is InChI=1S/C19H26F3N5O4/c1-13-12-31-9-6-25(13)15-10-16(28)26-3-2-14(19(20,21)22)27(18(26)23-15)11-17(29)24-4-7-30-8-5-24/h10,13-14H,2-9,11-12H2,1H3/t13-,14?/m1/s1. The molecule has 172 valence electrons. The summed E-state index contributed by atoms with van der Waals surface area (Å²) in [6.07, 6.45) is -4.88. The molecule has 0 aliphatic carbocycles. The van der Waals surface area contributed by atoms with Crippen LogP contribution < -0.4 is 15.4 Å². The number of rotatable bonds is 3. The number of anilines is 2. The van der Waals surface area contributed by atoms with Crippen LogP contribution in [-0.4, -0.2) is 91.2 Å². The Morgan fingerprint density at radius 2 is 1.87 bits per heavy atom. The first kappa shape index (κ1) is 21.9. The van der Waals surface area contributed by atoms with E-state index in [1.807, 2.05) is 11.8 Å². The number of hydrogen-bond acceptors (Lipinski definition) is 7. The van der Waals surface area contributed by atoms with E-state index in [4.69, 9.17) is 9.47 Å². The van der Waals surface area contributed by atoms with E-state index in [-0.39, 0.29) is 25.0 Å². The van der Waals surface area contributed by atoms with Gasteiger partial charge in [0, 0.05) is 32.2 Å². The zero-order valence-corrected chi connectivity index (χ0v) is 17.3. The van der Waals surface area contributed by atoms with Crippen LogP contribution in [0.1, 0.15) is 13.3 Å². The van der Waals surface area contributed by atoms with Crippen LogP contribution in [-0.2, 0) is 20.8 Å². The van der Waals surface area contributed by atoms with E-state index in [1.165, 1.54) is 15.5 Å². The van der Waals surface area contributed by atoms with Gasteiger partial charge in [-0.15, -0.1) is 0 Å². The predicted molar refractivity (Wildman–Crippen MR) is 105 cm³/mol. The van der Waals surface area contributed by atoms with E-state index in [9.17, 15) is 22.8 Å². The third-order valence-corrected chi connectivity index (χ3v) is 5.94. The molecule has 3 aliphatic rings. The molecule has 0 N–H and O–H groups in total. The van der Waals surface area contributed by atoms with E-state index in [0.29, 0.717) is 51.9 Å². The average Bonchev–Trinajstić information content (AvgIpc) is 2.74. The number of alkyl halides is 3. The molecule has 12 heteroatoms. The van der Waals surface area contributed by atoms with Gasteiger partial charge in [-0.05, 0) is 13.3 Å². The van der Waals surface area contributed by atoms with Gasteiger partial charge in [-0.2, -0.15) is 18.2 Å². The minimum absolute atomic E-state index is 0.0749. The van der Waals surface area contributed by atoms with Crippen LogP contribution in [0.2, 0.25) is 0 Å². The van der Waals surface area contributed by atoms with Crippen molar-refractivity contribution in [3.8, 4) is 0 Å². The zero-order valence-electron chi connectivity index (χ0n) is 17.3. The minimum atomic E-state index is -4.56. The molecule has 1 aromatic heterocycles. The van der Waals surface area contributed by atoms with Crippen molar-refractivity contribution < 1.29 is 27.4 Å². The van der Waals surface area contributed by atoms with E-state index in [1.54, 1.807) is 0 Å². The molecule has 1 unspecified atom stereocenters. The number of morpholine rings is 2. The highest BCUT2D eigenvalue weighted by atomic mass is 19.4. The third kappa shape index (κ3) is 4.49. The molecule has 0 spiro atoms. The summed E-state index contributed by atoms with van der Waals surface area (Å²) < 4.78 is 53.5. The Labute approximate surface area is 177 Å². The van der Waals surface area contributed by atoms with Gasteiger partial charge >= 0.3 is 6.18 Å². The highest BCUT2D eigenvalue weighted by Gasteiger charge is 2.47. The first-order valence-corrected chi connectivity index (χ1v) is 10.4. The fourth-order valence-electron chi connectivity index (χ4n) is 4.25. The molecule has 4 rings (SSSR count). The lowest BCUT2D eigenvalue weighted by Crippen LogP contribution is -2.56. The van der Waals surface area contributed by atoms with Crippen LogP contribution in [0.25, 0.3) is 0 Å². The number of aromatic nitrogens is 2. The van der Waals surface area contributed by atoms with Gasteiger partial charge in [-0.3, -0.25) is 14.2 Å². The van der Waals surface area contributed by atoms with Gasteiger partial charge in [-0.25, -0.2) is 0 Å². The van der Waals surface area contributed by atoms with Gasteiger partial charge in [0.15, 0.2) is 0 Å². The zero-order chi connectivity index (χ0) is 22.2. The molecule has 1 aromatic rings. The van der Waals surface area contributed by atoms with E-state index < -0.39 is 30.2 Å². The second-order valence-electron chi connectivity index (χ2n) is 7.99. The predicted octanol–water partition coefficient (Wildman–Crippen LogP) is 0.468. The molecule has 9 nitrogen and oxygen atoms in total. The van der Waals surface area contributed by atoms with E-state index in [2.05, 4.69) is 4.98 Å². The van der Waals surface area contributed by atoms with Crippen molar-refractivity contribution in [2.45, 2.75) is 38.1 Å². The van der Waals surface area contributed by atoms with Crippen LogP contribution in [0.15, 0.2) is 10.9 Å². The molecule has 31 heavy (non-hydrogen) atoms. The maximum Gasteiger partial charge on any atom is 0.408 e. The molecule has 0 aromatic carbocycles. The molecule has 2 saturated heterocycles. The van der Waals surface area contributed by atoms with Gasteiger partial charge in [-0.1, -0.05) is 0 Å². The lowest BCUT2D eigenvalue weighted by Gasteiger charge is -2.41. The number of carbonyl (C=O) groups excluding carboxylic acids is 1. The SMILES string of the molecule is C[C@@H]1COCCN1c1cc(=O)n2c(n1)N(CC(=O)N1CCOCC1)C(C(F)(F)F)CC2. The van der Waals surface area contributed by atoms with Crippen LogP contribution in [0.5, 0.6) is 0 Å². The number of nitrogens with zero attached hydrogens (tertiary/aromatic N) is 5. The smallest absolute Gasteiger partial charge is 0.378 e. The minimum Gasteiger partial charge on any atom is -0.378 e. The summed E-state index contributed by atoms with van der Waals surface area (Å²) in [5, 5.41) is 0. The van der Waals surface area contributed by atoms with E-state index in [0.717, 1.165) is 4.90 Å².